The van der Waals surface area contributed by atoms with E-state index in [0.29, 0.717) is 12.8 Å². The fourth-order valence-corrected chi connectivity index (χ4v) is 3.53. The largest absolute Gasteiger partial charge is 0.573 e. The fourth-order valence-electron chi connectivity index (χ4n) is 2.56. The molecule has 1 aromatic carbocycles. The number of hydrogen-bond donors (Lipinski definition) is 2. The van der Waals surface area contributed by atoms with Gasteiger partial charge in [0.05, 0.1) is 5.25 Å². The number of benzene rings is 1. The van der Waals surface area contributed by atoms with Gasteiger partial charge in [-0.25, -0.2) is 22.3 Å². The number of nitrogens with zero attached hydrogens (tertiary/aromatic N) is 1. The van der Waals surface area contributed by atoms with E-state index in [9.17, 15) is 30.8 Å². The first-order valence-electron chi connectivity index (χ1n) is 8.50. The molecule has 2 N–H and O–H groups in total. The molecule has 12 heteroatoms. The van der Waals surface area contributed by atoms with Crippen molar-refractivity contribution in [2.75, 3.05) is 18.4 Å². The van der Waals surface area contributed by atoms with Crippen molar-refractivity contribution in [3.8, 4) is 5.75 Å². The Morgan fingerprint density at radius 3 is 2.39 bits per heavy atom. The summed E-state index contributed by atoms with van der Waals surface area (Å²) in [7, 11) is -3.42. The summed E-state index contributed by atoms with van der Waals surface area (Å²) >= 11 is 0. The SMILES string of the molecule is CC(C)S(=O)(=O)NC1CCN(C(=O)Nc2ccc(F)c(OC(F)(F)F)c2)CC1. The van der Waals surface area contributed by atoms with Crippen molar-refractivity contribution in [3.05, 3.63) is 24.0 Å². The van der Waals surface area contributed by atoms with Gasteiger partial charge in [0.15, 0.2) is 11.6 Å². The Hall–Kier alpha value is -2.08. The lowest BCUT2D eigenvalue weighted by Crippen LogP contribution is -2.48. The van der Waals surface area contributed by atoms with Gasteiger partial charge in [0, 0.05) is 30.9 Å². The van der Waals surface area contributed by atoms with Crippen LogP contribution in [0.5, 0.6) is 5.75 Å². The van der Waals surface area contributed by atoms with Crippen LogP contribution in [0.4, 0.5) is 28.0 Å². The van der Waals surface area contributed by atoms with Crippen LogP contribution in [0.15, 0.2) is 18.2 Å². The molecule has 0 radical (unpaired) electrons. The molecule has 2 rings (SSSR count). The summed E-state index contributed by atoms with van der Waals surface area (Å²) in [6.07, 6.45) is -4.27. The number of halogens is 4. The average Bonchev–Trinajstić information content (AvgIpc) is 2.56. The summed E-state index contributed by atoms with van der Waals surface area (Å²) in [5.41, 5.74) is -0.0618. The molecule has 1 fully saturated rings. The lowest BCUT2D eigenvalue weighted by molar-refractivity contribution is -0.275. The third kappa shape index (κ3) is 6.23. The van der Waals surface area contributed by atoms with E-state index in [-0.39, 0.29) is 24.8 Å². The smallest absolute Gasteiger partial charge is 0.403 e. The number of ether oxygens (including phenoxy) is 1. The molecule has 7 nitrogen and oxygen atoms in total. The third-order valence-electron chi connectivity index (χ3n) is 4.14. The number of alkyl halides is 3. The van der Waals surface area contributed by atoms with Gasteiger partial charge < -0.3 is 15.0 Å². The molecule has 0 unspecified atom stereocenters. The Morgan fingerprint density at radius 2 is 1.86 bits per heavy atom. The highest BCUT2D eigenvalue weighted by molar-refractivity contribution is 7.90. The lowest BCUT2D eigenvalue weighted by Gasteiger charge is -2.32. The van der Waals surface area contributed by atoms with Crippen LogP contribution >= 0.6 is 0 Å². The second kappa shape index (κ2) is 8.52. The van der Waals surface area contributed by atoms with E-state index in [4.69, 9.17) is 0 Å². The topological polar surface area (TPSA) is 87.7 Å². The van der Waals surface area contributed by atoms with Crippen molar-refractivity contribution < 1.29 is 35.5 Å². The molecule has 158 valence electrons. The predicted octanol–water partition coefficient (Wildman–Crippen LogP) is 3.05. The number of sulfonamides is 1. The van der Waals surface area contributed by atoms with E-state index in [1.165, 1.54) is 4.90 Å². The molecule has 2 amide bonds. The summed E-state index contributed by atoms with van der Waals surface area (Å²) in [6, 6.07) is 1.72. The van der Waals surface area contributed by atoms with E-state index < -0.39 is 39.2 Å². The Bertz CT molecular complexity index is 807. The molecule has 28 heavy (non-hydrogen) atoms. The van der Waals surface area contributed by atoms with Gasteiger partial charge in [0.1, 0.15) is 0 Å². The fraction of sp³-hybridized carbons (Fsp3) is 0.562. The number of carbonyl (C=O) groups is 1. The standard InChI is InChI=1S/C16H21F4N3O4S/c1-10(2)28(25,26)22-11-5-7-23(8-6-11)15(24)21-12-3-4-13(17)14(9-12)27-16(18,19)20/h3-4,9-11,22H,5-8H2,1-2H3,(H,21,24). The van der Waals surface area contributed by atoms with Gasteiger partial charge in [0.25, 0.3) is 0 Å². The van der Waals surface area contributed by atoms with Gasteiger partial charge >= 0.3 is 12.4 Å². The molecule has 1 aliphatic rings. The molecular formula is C16H21F4N3O4S. The minimum Gasteiger partial charge on any atom is -0.403 e. The van der Waals surface area contributed by atoms with Crippen molar-refractivity contribution in [1.29, 1.82) is 0 Å². The van der Waals surface area contributed by atoms with E-state index in [1.807, 2.05) is 0 Å². The van der Waals surface area contributed by atoms with E-state index >= 15 is 0 Å². The number of piperidine rings is 1. The Balaban J connectivity index is 1.94. The Morgan fingerprint density at radius 1 is 1.25 bits per heavy atom. The third-order valence-corrected chi connectivity index (χ3v) is 6.04. The van der Waals surface area contributed by atoms with E-state index in [1.54, 1.807) is 13.8 Å². The highest BCUT2D eigenvalue weighted by Gasteiger charge is 2.33. The van der Waals surface area contributed by atoms with E-state index in [2.05, 4.69) is 14.8 Å². The lowest BCUT2D eigenvalue weighted by atomic mass is 10.1. The van der Waals surface area contributed by atoms with Crippen LogP contribution in [-0.4, -0.2) is 50.1 Å². The molecule has 0 aliphatic carbocycles. The Labute approximate surface area is 160 Å². The van der Waals surface area contributed by atoms with Crippen molar-refractivity contribution >= 4 is 21.7 Å². The van der Waals surface area contributed by atoms with Crippen LogP contribution in [0.2, 0.25) is 0 Å². The number of nitrogens with one attached hydrogen (secondary N) is 2. The number of likely N-dealkylation sites (tertiary alicyclic amines) is 1. The van der Waals surface area contributed by atoms with Crippen molar-refractivity contribution in [3.63, 3.8) is 0 Å². The summed E-state index contributed by atoms with van der Waals surface area (Å²) < 4.78 is 80.2. The molecule has 1 aromatic rings. The number of hydrogen-bond acceptors (Lipinski definition) is 4. The molecular weight excluding hydrogens is 406 g/mol. The summed E-state index contributed by atoms with van der Waals surface area (Å²) in [5, 5.41) is 1.81. The zero-order valence-electron chi connectivity index (χ0n) is 15.2. The molecule has 0 atom stereocenters. The zero-order chi connectivity index (χ0) is 21.1. The minimum atomic E-state index is -5.06. The second-order valence-electron chi connectivity index (χ2n) is 6.60. The minimum absolute atomic E-state index is 0.0618. The maximum Gasteiger partial charge on any atom is 0.573 e. The zero-order valence-corrected chi connectivity index (χ0v) is 16.0. The summed E-state index contributed by atoms with van der Waals surface area (Å²) in [5.74, 6) is -2.26. The maximum absolute atomic E-state index is 13.4. The highest BCUT2D eigenvalue weighted by atomic mass is 32.2. The van der Waals surface area contributed by atoms with E-state index in [0.717, 1.165) is 18.2 Å². The van der Waals surface area contributed by atoms with Gasteiger partial charge in [-0.15, -0.1) is 13.2 Å². The van der Waals surface area contributed by atoms with Crippen LogP contribution in [0, 0.1) is 5.82 Å². The number of rotatable bonds is 5. The second-order valence-corrected chi connectivity index (χ2v) is 8.86. The van der Waals surface area contributed by atoms with Crippen LogP contribution < -0.4 is 14.8 Å². The van der Waals surface area contributed by atoms with Gasteiger partial charge in [-0.05, 0) is 38.8 Å². The molecule has 1 aliphatic heterocycles. The normalized spacial score (nSPS) is 16.3. The van der Waals surface area contributed by atoms with Gasteiger partial charge in [-0.1, -0.05) is 0 Å². The van der Waals surface area contributed by atoms with Crippen LogP contribution in [0.1, 0.15) is 26.7 Å². The van der Waals surface area contributed by atoms with Gasteiger partial charge in [-0.3, -0.25) is 0 Å². The monoisotopic (exact) mass is 427 g/mol. The first-order chi connectivity index (χ1) is 12.9. The number of amides is 2. The number of anilines is 1. The number of urea groups is 1. The van der Waals surface area contributed by atoms with Crippen LogP contribution in [0.3, 0.4) is 0 Å². The number of carbonyl (C=O) groups excluding carboxylic acids is 1. The Kier molecular flexibility index (Phi) is 6.75. The molecule has 1 heterocycles. The van der Waals surface area contributed by atoms with Gasteiger partial charge in [0.2, 0.25) is 10.0 Å². The maximum atomic E-state index is 13.4. The summed E-state index contributed by atoms with van der Waals surface area (Å²) in [4.78, 5) is 13.7. The quantitative estimate of drug-likeness (QED) is 0.707. The van der Waals surface area contributed by atoms with Crippen molar-refractivity contribution in [2.24, 2.45) is 0 Å². The molecule has 0 bridgehead atoms. The molecule has 0 aromatic heterocycles. The molecule has 0 spiro atoms. The molecule has 1 saturated heterocycles. The van der Waals surface area contributed by atoms with Crippen molar-refractivity contribution in [1.82, 2.24) is 9.62 Å². The average molecular weight is 427 g/mol. The highest BCUT2D eigenvalue weighted by Crippen LogP contribution is 2.28. The predicted molar refractivity (Wildman–Crippen MR) is 93.9 cm³/mol. The van der Waals surface area contributed by atoms with Crippen LogP contribution in [0.25, 0.3) is 0 Å². The van der Waals surface area contributed by atoms with Gasteiger partial charge in [-0.2, -0.15) is 0 Å². The summed E-state index contributed by atoms with van der Waals surface area (Å²) in [6.45, 7) is 3.63. The molecule has 0 saturated carbocycles. The first kappa shape index (κ1) is 22.2. The first-order valence-corrected chi connectivity index (χ1v) is 10.0. The van der Waals surface area contributed by atoms with Crippen molar-refractivity contribution in [2.45, 2.75) is 44.3 Å². The van der Waals surface area contributed by atoms with Crippen LogP contribution in [-0.2, 0) is 10.0 Å².